The monoisotopic (exact) mass is 312 g/mol. The van der Waals surface area contributed by atoms with Crippen LogP contribution in [0.25, 0.3) is 0 Å². The first-order chi connectivity index (χ1) is 11.1. The van der Waals surface area contributed by atoms with Gasteiger partial charge in [-0.2, -0.15) is 0 Å². The molecule has 0 bridgehead atoms. The normalized spacial score (nSPS) is 21.4. The molecule has 2 heterocycles. The number of nitro groups is 1. The summed E-state index contributed by atoms with van der Waals surface area (Å²) < 4.78 is 11.3. The van der Waals surface area contributed by atoms with E-state index >= 15 is 0 Å². The van der Waals surface area contributed by atoms with Crippen LogP contribution in [0.3, 0.4) is 0 Å². The lowest BCUT2D eigenvalue weighted by molar-refractivity contribution is -0.488. The van der Waals surface area contributed by atoms with Crippen molar-refractivity contribution in [1.82, 2.24) is 4.90 Å². The highest BCUT2D eigenvalue weighted by Gasteiger charge is 2.46. The van der Waals surface area contributed by atoms with Crippen molar-refractivity contribution in [2.24, 2.45) is 0 Å². The number of carbonyl (C=O) groups is 1. The van der Waals surface area contributed by atoms with E-state index in [1.165, 1.54) is 4.90 Å². The van der Waals surface area contributed by atoms with Crippen molar-refractivity contribution < 1.29 is 19.2 Å². The van der Waals surface area contributed by atoms with Crippen LogP contribution < -0.4 is 9.47 Å². The average molecular weight is 312 g/mol. The van der Waals surface area contributed by atoms with Gasteiger partial charge in [0.15, 0.2) is 0 Å². The zero-order valence-electron chi connectivity index (χ0n) is 11.9. The summed E-state index contributed by atoms with van der Waals surface area (Å²) in [7, 11) is 0. The van der Waals surface area contributed by atoms with E-state index in [1.54, 1.807) is 42.5 Å². The van der Waals surface area contributed by atoms with Crippen LogP contribution in [0, 0.1) is 10.1 Å². The molecule has 0 saturated heterocycles. The standard InChI is InChI=1S/C16H12N2O5/c19-16-18-12(9-17(20)21)10-5-1-3-7-13(10)22-15(18)11-6-2-4-8-14(11)23-16/h1-8,12,15H,9H2. The van der Waals surface area contributed by atoms with E-state index in [0.29, 0.717) is 22.6 Å². The van der Waals surface area contributed by atoms with Crippen LogP contribution in [-0.4, -0.2) is 22.5 Å². The third-order valence-electron chi connectivity index (χ3n) is 4.02. The fraction of sp³-hybridized carbons (Fsp3) is 0.188. The minimum absolute atomic E-state index is 0.409. The third-order valence-corrected chi connectivity index (χ3v) is 4.02. The van der Waals surface area contributed by atoms with E-state index in [1.807, 2.05) is 6.07 Å². The van der Waals surface area contributed by atoms with Gasteiger partial charge in [0, 0.05) is 10.5 Å². The van der Waals surface area contributed by atoms with Gasteiger partial charge in [0.2, 0.25) is 12.8 Å². The van der Waals surface area contributed by atoms with Gasteiger partial charge in [0.1, 0.15) is 17.5 Å². The van der Waals surface area contributed by atoms with E-state index in [9.17, 15) is 14.9 Å². The van der Waals surface area contributed by atoms with E-state index in [2.05, 4.69) is 0 Å². The molecule has 0 spiro atoms. The van der Waals surface area contributed by atoms with Gasteiger partial charge >= 0.3 is 6.09 Å². The first-order valence-corrected chi connectivity index (χ1v) is 7.11. The van der Waals surface area contributed by atoms with Crippen LogP contribution in [0.15, 0.2) is 48.5 Å². The number of fused-ring (bicyclic) bond motifs is 4. The van der Waals surface area contributed by atoms with Crippen molar-refractivity contribution in [1.29, 1.82) is 0 Å². The maximum absolute atomic E-state index is 12.4. The molecule has 2 aliphatic rings. The van der Waals surface area contributed by atoms with Crippen LogP contribution in [0.5, 0.6) is 11.5 Å². The Labute approximate surface area is 131 Å². The molecule has 0 aromatic heterocycles. The highest BCUT2D eigenvalue weighted by atomic mass is 16.6. The van der Waals surface area contributed by atoms with Gasteiger partial charge in [0.05, 0.1) is 5.56 Å². The molecular weight excluding hydrogens is 300 g/mol. The Morgan fingerprint density at radius 2 is 1.70 bits per heavy atom. The maximum atomic E-state index is 12.4. The molecule has 7 nitrogen and oxygen atoms in total. The van der Waals surface area contributed by atoms with E-state index in [0.717, 1.165) is 0 Å². The summed E-state index contributed by atoms with van der Waals surface area (Å²) in [6.07, 6.45) is -1.37. The van der Waals surface area contributed by atoms with Crippen LogP contribution in [0.1, 0.15) is 23.4 Å². The quantitative estimate of drug-likeness (QED) is 0.629. The lowest BCUT2D eigenvalue weighted by atomic mass is 9.99. The summed E-state index contributed by atoms with van der Waals surface area (Å²) in [6.45, 7) is -0.409. The Bertz CT molecular complexity index is 807. The molecule has 0 aliphatic carbocycles. The van der Waals surface area contributed by atoms with Gasteiger partial charge in [-0.05, 0) is 18.2 Å². The molecule has 2 unspecified atom stereocenters. The molecule has 4 rings (SSSR count). The summed E-state index contributed by atoms with van der Waals surface area (Å²) in [5, 5.41) is 11.1. The van der Waals surface area contributed by atoms with Gasteiger partial charge < -0.3 is 9.47 Å². The maximum Gasteiger partial charge on any atom is 0.419 e. The molecule has 2 aromatic rings. The number of hydrogen-bond acceptors (Lipinski definition) is 5. The number of nitrogens with zero attached hydrogens (tertiary/aromatic N) is 2. The number of carbonyl (C=O) groups excluding carboxylic acids is 1. The molecular formula is C16H12N2O5. The van der Waals surface area contributed by atoms with Crippen molar-refractivity contribution in [3.05, 3.63) is 69.8 Å². The fourth-order valence-corrected chi connectivity index (χ4v) is 3.04. The van der Waals surface area contributed by atoms with Gasteiger partial charge in [-0.15, -0.1) is 0 Å². The zero-order valence-corrected chi connectivity index (χ0v) is 11.9. The minimum atomic E-state index is -0.735. The Balaban J connectivity index is 1.87. The van der Waals surface area contributed by atoms with Crippen LogP contribution in [-0.2, 0) is 0 Å². The van der Waals surface area contributed by atoms with Crippen molar-refractivity contribution in [2.45, 2.75) is 12.3 Å². The summed E-state index contributed by atoms with van der Waals surface area (Å²) in [6, 6.07) is 13.3. The molecule has 0 saturated carbocycles. The summed E-state index contributed by atoms with van der Waals surface area (Å²) in [5.74, 6) is 0.961. The van der Waals surface area contributed by atoms with Crippen LogP contribution in [0.4, 0.5) is 4.79 Å². The second kappa shape index (κ2) is 4.98. The van der Waals surface area contributed by atoms with Gasteiger partial charge in [-0.25, -0.2) is 4.79 Å². The minimum Gasteiger partial charge on any atom is -0.466 e. The molecule has 116 valence electrons. The highest BCUT2D eigenvalue weighted by molar-refractivity contribution is 5.75. The van der Waals surface area contributed by atoms with Crippen LogP contribution >= 0.6 is 0 Å². The van der Waals surface area contributed by atoms with Gasteiger partial charge in [-0.1, -0.05) is 30.3 Å². The first-order valence-electron chi connectivity index (χ1n) is 7.11. The Morgan fingerprint density at radius 3 is 2.43 bits per heavy atom. The first kappa shape index (κ1) is 13.6. The van der Waals surface area contributed by atoms with E-state index < -0.39 is 29.8 Å². The number of benzene rings is 2. The SMILES string of the molecule is O=C1Oc2ccccc2C2Oc3ccccc3C(C[N+](=O)[O-])N12. The Hall–Kier alpha value is -3.09. The number of ether oxygens (including phenoxy) is 2. The highest BCUT2D eigenvalue weighted by Crippen LogP contribution is 2.46. The molecule has 0 fully saturated rings. The molecule has 0 radical (unpaired) electrons. The molecule has 23 heavy (non-hydrogen) atoms. The molecule has 0 N–H and O–H groups in total. The second-order valence-electron chi connectivity index (χ2n) is 5.35. The average Bonchev–Trinajstić information content (AvgIpc) is 2.54. The number of hydrogen-bond donors (Lipinski definition) is 0. The lowest BCUT2D eigenvalue weighted by Crippen LogP contribution is -2.49. The Morgan fingerprint density at radius 1 is 1.04 bits per heavy atom. The van der Waals surface area contributed by atoms with E-state index in [-0.39, 0.29) is 0 Å². The van der Waals surface area contributed by atoms with Crippen molar-refractivity contribution in [3.8, 4) is 11.5 Å². The number of amides is 1. The molecule has 2 aromatic carbocycles. The van der Waals surface area contributed by atoms with Gasteiger partial charge in [0.25, 0.3) is 0 Å². The largest absolute Gasteiger partial charge is 0.466 e. The summed E-state index contributed by atoms with van der Waals surface area (Å²) in [4.78, 5) is 24.4. The van der Waals surface area contributed by atoms with Crippen LogP contribution in [0.2, 0.25) is 0 Å². The predicted octanol–water partition coefficient (Wildman–Crippen LogP) is 2.91. The fourth-order valence-electron chi connectivity index (χ4n) is 3.04. The number of rotatable bonds is 2. The topological polar surface area (TPSA) is 81.9 Å². The third kappa shape index (κ3) is 2.09. The predicted molar refractivity (Wildman–Crippen MR) is 78.7 cm³/mol. The Kier molecular flexibility index (Phi) is 2.94. The molecule has 7 heteroatoms. The van der Waals surface area contributed by atoms with Crippen molar-refractivity contribution >= 4 is 6.09 Å². The van der Waals surface area contributed by atoms with Gasteiger partial charge in [-0.3, -0.25) is 15.0 Å². The smallest absolute Gasteiger partial charge is 0.419 e. The molecule has 2 atom stereocenters. The lowest BCUT2D eigenvalue weighted by Gasteiger charge is -2.43. The molecule has 2 aliphatic heterocycles. The molecule has 1 amide bonds. The number of para-hydroxylation sites is 2. The van der Waals surface area contributed by atoms with E-state index in [4.69, 9.17) is 9.47 Å². The zero-order chi connectivity index (χ0) is 16.0. The second-order valence-corrected chi connectivity index (χ2v) is 5.35. The summed E-state index contributed by atoms with van der Waals surface area (Å²) in [5.41, 5.74) is 1.28. The van der Waals surface area contributed by atoms with Crippen molar-refractivity contribution in [3.63, 3.8) is 0 Å². The van der Waals surface area contributed by atoms with Crippen molar-refractivity contribution in [2.75, 3.05) is 6.54 Å². The summed E-state index contributed by atoms with van der Waals surface area (Å²) >= 11 is 0.